The van der Waals surface area contributed by atoms with Crippen LogP contribution < -0.4 is 0 Å². The number of hydrogen-bond donors (Lipinski definition) is 1. The molecule has 56 valence electrons. The summed E-state index contributed by atoms with van der Waals surface area (Å²) in [5.41, 5.74) is 0.863. The molecule has 2 heterocycles. The van der Waals surface area contributed by atoms with Gasteiger partial charge in [-0.05, 0) is 6.07 Å². The van der Waals surface area contributed by atoms with Gasteiger partial charge in [-0.25, -0.2) is 4.98 Å². The Bertz CT molecular complexity index is 338. The van der Waals surface area contributed by atoms with Gasteiger partial charge >= 0.3 is 0 Å². The Balaban J connectivity index is 2.69. The molecule has 0 aliphatic heterocycles. The number of aliphatic hydroxyl groups is 1. The molecule has 11 heavy (non-hydrogen) atoms. The van der Waals surface area contributed by atoms with Gasteiger partial charge < -0.3 is 5.11 Å². The van der Waals surface area contributed by atoms with Gasteiger partial charge in [-0.15, -0.1) is 11.3 Å². The highest BCUT2D eigenvalue weighted by molar-refractivity contribution is 7.18. The maximum absolute atomic E-state index is 8.79. The molecular weight excluding hydrogens is 160 g/mol. The SMILES string of the molecule is OCc1cc2nccnc2s1. The van der Waals surface area contributed by atoms with Crippen molar-refractivity contribution < 1.29 is 5.11 Å². The number of aliphatic hydroxyl groups excluding tert-OH is 1. The lowest BCUT2D eigenvalue weighted by Crippen LogP contribution is -1.73. The van der Waals surface area contributed by atoms with Crippen LogP contribution in [0.2, 0.25) is 0 Å². The number of aromatic nitrogens is 2. The average Bonchev–Trinajstić information content (AvgIpc) is 2.46. The van der Waals surface area contributed by atoms with Crippen LogP contribution in [0.15, 0.2) is 18.5 Å². The molecular formula is C7H6N2OS. The van der Waals surface area contributed by atoms with E-state index in [2.05, 4.69) is 9.97 Å². The van der Waals surface area contributed by atoms with Crippen LogP contribution in [-0.2, 0) is 6.61 Å². The average molecular weight is 166 g/mol. The van der Waals surface area contributed by atoms with Gasteiger partial charge in [0.25, 0.3) is 0 Å². The van der Waals surface area contributed by atoms with Crippen LogP contribution in [0.25, 0.3) is 10.3 Å². The molecule has 0 unspecified atom stereocenters. The van der Waals surface area contributed by atoms with E-state index < -0.39 is 0 Å². The lowest BCUT2D eigenvalue weighted by Gasteiger charge is -1.81. The molecule has 1 N–H and O–H groups in total. The zero-order valence-corrected chi connectivity index (χ0v) is 6.51. The van der Waals surface area contributed by atoms with Crippen LogP contribution in [0.4, 0.5) is 0 Å². The third-order valence-electron chi connectivity index (χ3n) is 1.37. The van der Waals surface area contributed by atoms with E-state index in [1.165, 1.54) is 11.3 Å². The molecule has 4 heteroatoms. The van der Waals surface area contributed by atoms with Crippen LogP contribution >= 0.6 is 11.3 Å². The summed E-state index contributed by atoms with van der Waals surface area (Å²) in [6.07, 6.45) is 3.30. The van der Waals surface area contributed by atoms with Crippen LogP contribution in [0.5, 0.6) is 0 Å². The van der Waals surface area contributed by atoms with E-state index in [-0.39, 0.29) is 6.61 Å². The minimum Gasteiger partial charge on any atom is -0.391 e. The standard InChI is InChI=1S/C7H6N2OS/c10-4-5-3-6-7(11-5)9-2-1-8-6/h1-3,10H,4H2. The summed E-state index contributed by atoms with van der Waals surface area (Å²) < 4.78 is 0. The molecule has 0 radical (unpaired) electrons. The van der Waals surface area contributed by atoms with Crippen LogP contribution in [0.1, 0.15) is 4.88 Å². The Labute approximate surface area is 67.4 Å². The van der Waals surface area contributed by atoms with E-state index in [1.807, 2.05) is 6.07 Å². The molecule has 2 rings (SSSR count). The Morgan fingerprint density at radius 1 is 1.36 bits per heavy atom. The van der Waals surface area contributed by atoms with Crippen molar-refractivity contribution in [3.63, 3.8) is 0 Å². The van der Waals surface area contributed by atoms with E-state index >= 15 is 0 Å². The van der Waals surface area contributed by atoms with Crippen molar-refractivity contribution in [1.82, 2.24) is 9.97 Å². The Morgan fingerprint density at radius 3 is 2.91 bits per heavy atom. The molecule has 0 aromatic carbocycles. The molecule has 2 aromatic heterocycles. The minimum absolute atomic E-state index is 0.0721. The lowest BCUT2D eigenvalue weighted by molar-refractivity contribution is 0.285. The summed E-state index contributed by atoms with van der Waals surface area (Å²) in [4.78, 5) is 9.98. The highest BCUT2D eigenvalue weighted by Gasteiger charge is 2.00. The number of rotatable bonds is 1. The summed E-state index contributed by atoms with van der Waals surface area (Å²) in [7, 11) is 0. The van der Waals surface area contributed by atoms with Gasteiger partial charge in [-0.2, -0.15) is 0 Å². The molecule has 0 spiro atoms. The van der Waals surface area contributed by atoms with Crippen molar-refractivity contribution in [2.75, 3.05) is 0 Å². The summed E-state index contributed by atoms with van der Waals surface area (Å²) in [6, 6.07) is 1.85. The Hall–Kier alpha value is -1.00. The minimum atomic E-state index is 0.0721. The molecule has 0 aliphatic rings. The van der Waals surface area contributed by atoms with Gasteiger partial charge in [0.15, 0.2) is 0 Å². The smallest absolute Gasteiger partial charge is 0.142 e. The third-order valence-corrected chi connectivity index (χ3v) is 2.39. The van der Waals surface area contributed by atoms with Gasteiger partial charge in [0, 0.05) is 17.3 Å². The van der Waals surface area contributed by atoms with E-state index in [4.69, 9.17) is 5.11 Å². The molecule has 0 fully saturated rings. The van der Waals surface area contributed by atoms with E-state index in [9.17, 15) is 0 Å². The zero-order chi connectivity index (χ0) is 7.68. The predicted octanol–water partition coefficient (Wildman–Crippen LogP) is 1.18. The van der Waals surface area contributed by atoms with Gasteiger partial charge in [0.2, 0.25) is 0 Å². The molecule has 3 nitrogen and oxygen atoms in total. The van der Waals surface area contributed by atoms with Gasteiger partial charge in [-0.3, -0.25) is 4.98 Å². The lowest BCUT2D eigenvalue weighted by atomic mass is 10.4. The maximum Gasteiger partial charge on any atom is 0.142 e. The van der Waals surface area contributed by atoms with Crippen molar-refractivity contribution in [3.8, 4) is 0 Å². The highest BCUT2D eigenvalue weighted by atomic mass is 32.1. The normalized spacial score (nSPS) is 10.6. The van der Waals surface area contributed by atoms with Gasteiger partial charge in [-0.1, -0.05) is 0 Å². The first-order chi connectivity index (χ1) is 5.40. The van der Waals surface area contributed by atoms with Crippen molar-refractivity contribution in [1.29, 1.82) is 0 Å². The van der Waals surface area contributed by atoms with Crippen LogP contribution in [0, 0.1) is 0 Å². The molecule has 0 amide bonds. The van der Waals surface area contributed by atoms with Crippen molar-refractivity contribution in [2.24, 2.45) is 0 Å². The molecule has 0 atom stereocenters. The molecule has 0 bridgehead atoms. The second kappa shape index (κ2) is 2.56. The number of nitrogens with zero attached hydrogens (tertiary/aromatic N) is 2. The largest absolute Gasteiger partial charge is 0.391 e. The first-order valence-electron chi connectivity index (χ1n) is 3.20. The fourth-order valence-electron chi connectivity index (χ4n) is 0.898. The first kappa shape index (κ1) is 6.69. The highest BCUT2D eigenvalue weighted by Crippen LogP contribution is 2.20. The molecule has 0 saturated carbocycles. The Morgan fingerprint density at radius 2 is 2.18 bits per heavy atom. The zero-order valence-electron chi connectivity index (χ0n) is 5.69. The number of hydrogen-bond acceptors (Lipinski definition) is 4. The fourth-order valence-corrected chi connectivity index (χ4v) is 1.71. The molecule has 2 aromatic rings. The van der Waals surface area contributed by atoms with Gasteiger partial charge in [0.05, 0.1) is 6.61 Å². The molecule has 0 saturated heterocycles. The van der Waals surface area contributed by atoms with Crippen LogP contribution in [-0.4, -0.2) is 15.1 Å². The summed E-state index contributed by atoms with van der Waals surface area (Å²) in [6.45, 7) is 0.0721. The van der Waals surface area contributed by atoms with Crippen LogP contribution in [0.3, 0.4) is 0 Å². The predicted molar refractivity (Wildman–Crippen MR) is 43.3 cm³/mol. The fraction of sp³-hybridized carbons (Fsp3) is 0.143. The van der Waals surface area contributed by atoms with E-state index in [1.54, 1.807) is 12.4 Å². The maximum atomic E-state index is 8.79. The number of fused-ring (bicyclic) bond motifs is 1. The Kier molecular flexibility index (Phi) is 1.56. The van der Waals surface area contributed by atoms with Gasteiger partial charge in [0.1, 0.15) is 10.3 Å². The third kappa shape index (κ3) is 1.10. The summed E-state index contributed by atoms with van der Waals surface area (Å²) in [5, 5.41) is 8.79. The van der Waals surface area contributed by atoms with Crippen molar-refractivity contribution in [3.05, 3.63) is 23.3 Å². The van der Waals surface area contributed by atoms with Crippen molar-refractivity contribution in [2.45, 2.75) is 6.61 Å². The number of thiophene rings is 1. The first-order valence-corrected chi connectivity index (χ1v) is 4.02. The van der Waals surface area contributed by atoms with E-state index in [0.29, 0.717) is 0 Å². The second-order valence-electron chi connectivity index (χ2n) is 2.12. The quantitative estimate of drug-likeness (QED) is 0.692. The molecule has 0 aliphatic carbocycles. The van der Waals surface area contributed by atoms with E-state index in [0.717, 1.165) is 15.2 Å². The second-order valence-corrected chi connectivity index (χ2v) is 3.23. The summed E-state index contributed by atoms with van der Waals surface area (Å²) in [5.74, 6) is 0. The van der Waals surface area contributed by atoms with Crippen molar-refractivity contribution >= 4 is 21.7 Å². The topological polar surface area (TPSA) is 46.0 Å². The summed E-state index contributed by atoms with van der Waals surface area (Å²) >= 11 is 1.47. The monoisotopic (exact) mass is 166 g/mol.